The second-order valence-electron chi connectivity index (χ2n) is 5.38. The molecule has 1 atom stereocenters. The third kappa shape index (κ3) is 2.64. The van der Waals surface area contributed by atoms with E-state index in [1.807, 2.05) is 38.1 Å². The maximum Gasteiger partial charge on any atom is 0.227 e. The highest BCUT2D eigenvalue weighted by atomic mass is 16.5. The highest BCUT2D eigenvalue weighted by Gasteiger charge is 2.29. The molecule has 0 saturated heterocycles. The first-order valence-electron chi connectivity index (χ1n) is 6.24. The molecule has 3 N–H and O–H groups in total. The number of carbonyl (C=O) groups excluding carboxylic acids is 1. The number of hydrogen-bond donors (Lipinski definition) is 2. The van der Waals surface area contributed by atoms with E-state index in [1.54, 1.807) is 0 Å². The Morgan fingerprint density at radius 2 is 2.22 bits per heavy atom. The first-order chi connectivity index (χ1) is 8.53. The molecule has 1 amide bonds. The van der Waals surface area contributed by atoms with Crippen LogP contribution in [0.15, 0.2) is 24.3 Å². The average Bonchev–Trinajstić information content (AvgIpc) is 2.38. The Morgan fingerprint density at radius 1 is 1.50 bits per heavy atom. The van der Waals surface area contributed by atoms with Gasteiger partial charge < -0.3 is 15.8 Å². The van der Waals surface area contributed by atoms with Gasteiger partial charge in [-0.3, -0.25) is 4.79 Å². The Kier molecular flexibility index (Phi) is 3.57. The van der Waals surface area contributed by atoms with Crippen molar-refractivity contribution in [2.24, 2.45) is 11.1 Å². The van der Waals surface area contributed by atoms with Gasteiger partial charge >= 0.3 is 0 Å². The quantitative estimate of drug-likeness (QED) is 0.841. The summed E-state index contributed by atoms with van der Waals surface area (Å²) in [5.41, 5.74) is 6.20. The normalized spacial score (nSPS) is 18.7. The van der Waals surface area contributed by atoms with E-state index in [0.717, 1.165) is 17.7 Å². The summed E-state index contributed by atoms with van der Waals surface area (Å²) in [7, 11) is 0. The number of rotatable bonds is 3. The van der Waals surface area contributed by atoms with Gasteiger partial charge in [-0.05, 0) is 31.9 Å². The van der Waals surface area contributed by atoms with Crippen LogP contribution in [0.4, 0.5) is 0 Å². The van der Waals surface area contributed by atoms with Gasteiger partial charge in [-0.1, -0.05) is 18.2 Å². The summed E-state index contributed by atoms with van der Waals surface area (Å²) in [4.78, 5) is 12.0. The van der Waals surface area contributed by atoms with Crippen LogP contribution >= 0.6 is 0 Å². The van der Waals surface area contributed by atoms with Crippen molar-refractivity contribution < 1.29 is 9.53 Å². The Hall–Kier alpha value is -1.55. The van der Waals surface area contributed by atoms with E-state index in [1.165, 1.54) is 0 Å². The van der Waals surface area contributed by atoms with E-state index < -0.39 is 5.41 Å². The summed E-state index contributed by atoms with van der Waals surface area (Å²) in [6, 6.07) is 7.95. The van der Waals surface area contributed by atoms with E-state index in [4.69, 9.17) is 10.5 Å². The molecule has 1 aliphatic rings. The van der Waals surface area contributed by atoms with E-state index in [2.05, 4.69) is 5.32 Å². The molecule has 0 bridgehead atoms. The third-order valence-corrected chi connectivity index (χ3v) is 3.34. The van der Waals surface area contributed by atoms with Crippen molar-refractivity contribution in [2.45, 2.75) is 26.3 Å². The number of nitrogens with two attached hydrogens (primary N) is 1. The van der Waals surface area contributed by atoms with E-state index in [0.29, 0.717) is 13.2 Å². The van der Waals surface area contributed by atoms with E-state index in [-0.39, 0.29) is 11.9 Å². The molecule has 1 unspecified atom stereocenters. The molecule has 98 valence electrons. The number of para-hydroxylation sites is 1. The van der Waals surface area contributed by atoms with E-state index >= 15 is 0 Å². The van der Waals surface area contributed by atoms with Gasteiger partial charge in [0.15, 0.2) is 0 Å². The zero-order chi connectivity index (χ0) is 13.2. The molecule has 1 aromatic rings. The van der Waals surface area contributed by atoms with Crippen LogP contribution in [0.1, 0.15) is 19.4 Å². The smallest absolute Gasteiger partial charge is 0.227 e. The molecule has 0 spiro atoms. The Morgan fingerprint density at radius 3 is 2.94 bits per heavy atom. The van der Waals surface area contributed by atoms with Gasteiger partial charge in [0.25, 0.3) is 0 Å². The molecule has 2 rings (SSSR count). The molecule has 0 aliphatic carbocycles. The molecule has 0 fully saturated rings. The van der Waals surface area contributed by atoms with Gasteiger partial charge in [-0.25, -0.2) is 0 Å². The fourth-order valence-corrected chi connectivity index (χ4v) is 1.89. The van der Waals surface area contributed by atoms with Crippen LogP contribution in [-0.4, -0.2) is 25.1 Å². The Balaban J connectivity index is 2.00. The number of nitrogens with one attached hydrogen (secondary N) is 1. The molecular formula is C14H20N2O2. The first-order valence-corrected chi connectivity index (χ1v) is 6.24. The summed E-state index contributed by atoms with van der Waals surface area (Å²) in [5, 5.41) is 3.01. The van der Waals surface area contributed by atoms with Crippen LogP contribution < -0.4 is 15.8 Å². The lowest BCUT2D eigenvalue weighted by Gasteiger charge is -2.29. The predicted molar refractivity (Wildman–Crippen MR) is 70.4 cm³/mol. The summed E-state index contributed by atoms with van der Waals surface area (Å²) in [5.74, 6) is 0.902. The van der Waals surface area contributed by atoms with Crippen molar-refractivity contribution in [3.05, 3.63) is 29.8 Å². The first kappa shape index (κ1) is 12.9. The molecule has 0 saturated carbocycles. The van der Waals surface area contributed by atoms with Crippen molar-refractivity contribution in [1.82, 2.24) is 5.32 Å². The molecule has 4 heteroatoms. The Labute approximate surface area is 108 Å². The average molecular weight is 248 g/mol. The van der Waals surface area contributed by atoms with Crippen LogP contribution in [0.3, 0.4) is 0 Å². The zero-order valence-corrected chi connectivity index (χ0v) is 10.9. The lowest BCUT2D eigenvalue weighted by molar-refractivity contribution is -0.129. The lowest BCUT2D eigenvalue weighted by atomic mass is 9.91. The fraction of sp³-hybridized carbons (Fsp3) is 0.500. The number of hydrogen-bond acceptors (Lipinski definition) is 3. The molecule has 0 radical (unpaired) electrons. The molecule has 18 heavy (non-hydrogen) atoms. The minimum atomic E-state index is -0.531. The summed E-state index contributed by atoms with van der Waals surface area (Å²) in [6.07, 6.45) is 0.808. The van der Waals surface area contributed by atoms with Gasteiger partial charge in [0, 0.05) is 6.54 Å². The fourth-order valence-electron chi connectivity index (χ4n) is 1.89. The highest BCUT2D eigenvalue weighted by molar-refractivity contribution is 5.82. The molecule has 0 aromatic heterocycles. The number of benzene rings is 1. The summed E-state index contributed by atoms with van der Waals surface area (Å²) >= 11 is 0. The molecule has 1 aliphatic heterocycles. The Bertz CT molecular complexity index is 443. The van der Waals surface area contributed by atoms with Crippen molar-refractivity contribution in [3.8, 4) is 5.75 Å². The summed E-state index contributed by atoms with van der Waals surface area (Å²) in [6.45, 7) is 4.55. The number of ether oxygens (including phenoxy) is 1. The SMILES string of the molecule is CC(C)(CN)C(=O)NC1COc2ccccc2C1. The van der Waals surface area contributed by atoms with Crippen LogP contribution in [0, 0.1) is 5.41 Å². The highest BCUT2D eigenvalue weighted by Crippen LogP contribution is 2.24. The topological polar surface area (TPSA) is 64.4 Å². The predicted octanol–water partition coefficient (Wildman–Crippen LogP) is 1.09. The van der Waals surface area contributed by atoms with Crippen LogP contribution in [0.5, 0.6) is 5.75 Å². The minimum Gasteiger partial charge on any atom is -0.491 e. The van der Waals surface area contributed by atoms with Crippen molar-refractivity contribution in [2.75, 3.05) is 13.2 Å². The van der Waals surface area contributed by atoms with E-state index in [9.17, 15) is 4.79 Å². The maximum absolute atomic E-state index is 12.0. The van der Waals surface area contributed by atoms with Gasteiger partial charge in [0.05, 0.1) is 11.5 Å². The third-order valence-electron chi connectivity index (χ3n) is 3.34. The number of carbonyl (C=O) groups is 1. The molecular weight excluding hydrogens is 228 g/mol. The van der Waals surface area contributed by atoms with Crippen LogP contribution in [0.25, 0.3) is 0 Å². The molecule has 1 heterocycles. The largest absolute Gasteiger partial charge is 0.491 e. The second-order valence-corrected chi connectivity index (χ2v) is 5.38. The maximum atomic E-state index is 12.0. The zero-order valence-electron chi connectivity index (χ0n) is 10.9. The standard InChI is InChI=1S/C14H20N2O2/c1-14(2,9-15)13(17)16-11-7-10-5-3-4-6-12(10)18-8-11/h3-6,11H,7-9,15H2,1-2H3,(H,16,17). The van der Waals surface area contributed by atoms with Crippen molar-refractivity contribution in [3.63, 3.8) is 0 Å². The van der Waals surface area contributed by atoms with Crippen LogP contribution in [-0.2, 0) is 11.2 Å². The monoisotopic (exact) mass is 248 g/mol. The molecule has 4 nitrogen and oxygen atoms in total. The van der Waals surface area contributed by atoms with Gasteiger partial charge in [-0.15, -0.1) is 0 Å². The van der Waals surface area contributed by atoms with Gasteiger partial charge in [-0.2, -0.15) is 0 Å². The lowest BCUT2D eigenvalue weighted by Crippen LogP contribution is -2.49. The second kappa shape index (κ2) is 4.98. The minimum absolute atomic E-state index is 0.0158. The van der Waals surface area contributed by atoms with Gasteiger partial charge in [0.2, 0.25) is 5.91 Å². The summed E-state index contributed by atoms with van der Waals surface area (Å²) < 4.78 is 5.64. The number of amides is 1. The molecule has 1 aromatic carbocycles. The van der Waals surface area contributed by atoms with Crippen molar-refractivity contribution >= 4 is 5.91 Å². The van der Waals surface area contributed by atoms with Crippen LogP contribution in [0.2, 0.25) is 0 Å². The van der Waals surface area contributed by atoms with Crippen molar-refractivity contribution in [1.29, 1.82) is 0 Å². The number of fused-ring (bicyclic) bond motifs is 1. The van der Waals surface area contributed by atoms with Gasteiger partial charge in [0.1, 0.15) is 12.4 Å².